The first-order valence-electron chi connectivity index (χ1n) is 9.07. The summed E-state index contributed by atoms with van der Waals surface area (Å²) < 4.78 is 5.32. The number of benzene rings is 1. The first-order valence-corrected chi connectivity index (χ1v) is 9.07. The van der Waals surface area contributed by atoms with Crippen LogP contribution in [0.2, 0.25) is 0 Å². The second-order valence-electron chi connectivity index (χ2n) is 6.63. The Balaban J connectivity index is 1.61. The summed E-state index contributed by atoms with van der Waals surface area (Å²) in [5, 5.41) is 9.84. The summed E-state index contributed by atoms with van der Waals surface area (Å²) in [4.78, 5) is 24.8. The van der Waals surface area contributed by atoms with Gasteiger partial charge in [0.1, 0.15) is 5.75 Å². The van der Waals surface area contributed by atoms with Gasteiger partial charge in [-0.3, -0.25) is 9.89 Å². The molecule has 0 unspecified atom stereocenters. The number of likely N-dealkylation sites (tertiary alicyclic amines) is 1. The molecule has 2 heterocycles. The first-order chi connectivity index (χ1) is 13.1. The summed E-state index contributed by atoms with van der Waals surface area (Å²) >= 11 is 0. The van der Waals surface area contributed by atoms with Gasteiger partial charge in [0, 0.05) is 43.2 Å². The van der Waals surface area contributed by atoms with Crippen molar-refractivity contribution in [2.24, 2.45) is 5.73 Å². The number of carbonyl (C=O) groups excluding carboxylic acids is 2. The Kier molecular flexibility index (Phi) is 5.95. The van der Waals surface area contributed by atoms with Crippen molar-refractivity contribution < 1.29 is 14.3 Å². The zero-order chi connectivity index (χ0) is 19.2. The quantitative estimate of drug-likeness (QED) is 0.719. The lowest BCUT2D eigenvalue weighted by Gasteiger charge is -2.32. The molecule has 4 N–H and O–H groups in total. The van der Waals surface area contributed by atoms with Gasteiger partial charge >= 0.3 is 6.03 Å². The van der Waals surface area contributed by atoms with E-state index in [2.05, 4.69) is 15.5 Å². The Morgan fingerprint density at radius 1 is 1.37 bits per heavy atom. The molecule has 1 aliphatic rings. The van der Waals surface area contributed by atoms with E-state index in [1.54, 1.807) is 7.11 Å². The Hall–Kier alpha value is -3.03. The molecule has 0 radical (unpaired) electrons. The van der Waals surface area contributed by atoms with Gasteiger partial charge in [-0.1, -0.05) is 12.1 Å². The normalized spacial score (nSPS) is 14.8. The maximum atomic E-state index is 12.2. The summed E-state index contributed by atoms with van der Waals surface area (Å²) in [6.45, 7) is 1.65. The van der Waals surface area contributed by atoms with Gasteiger partial charge in [-0.2, -0.15) is 5.10 Å². The lowest BCUT2D eigenvalue weighted by atomic mass is 9.89. The topological polar surface area (TPSA) is 113 Å². The van der Waals surface area contributed by atoms with Crippen LogP contribution in [0, 0.1) is 0 Å². The van der Waals surface area contributed by atoms with Crippen molar-refractivity contribution in [1.82, 2.24) is 20.4 Å². The molecule has 1 aromatic carbocycles. The molecule has 0 bridgehead atoms. The number of nitrogens with two attached hydrogens (primary N) is 1. The average molecular weight is 371 g/mol. The molecule has 27 heavy (non-hydrogen) atoms. The van der Waals surface area contributed by atoms with E-state index >= 15 is 0 Å². The van der Waals surface area contributed by atoms with Crippen molar-refractivity contribution in [3.63, 3.8) is 0 Å². The number of amides is 3. The van der Waals surface area contributed by atoms with E-state index in [0.29, 0.717) is 19.0 Å². The molecule has 144 valence electrons. The molecule has 1 aliphatic heterocycles. The number of methoxy groups -OCH3 is 1. The van der Waals surface area contributed by atoms with Crippen LogP contribution in [0.15, 0.2) is 30.5 Å². The predicted octanol–water partition coefficient (Wildman–Crippen LogP) is 1.85. The third kappa shape index (κ3) is 4.58. The van der Waals surface area contributed by atoms with Crippen molar-refractivity contribution in [2.45, 2.75) is 25.2 Å². The molecule has 1 saturated heterocycles. The van der Waals surface area contributed by atoms with E-state index in [-0.39, 0.29) is 18.9 Å². The number of primary amides is 1. The Bertz CT molecular complexity index is 796. The maximum Gasteiger partial charge on any atom is 0.312 e. The third-order valence-electron chi connectivity index (χ3n) is 4.94. The second kappa shape index (κ2) is 8.57. The number of hydrogen-bond donors (Lipinski definition) is 3. The van der Waals surface area contributed by atoms with E-state index in [4.69, 9.17) is 10.5 Å². The zero-order valence-corrected chi connectivity index (χ0v) is 15.4. The van der Waals surface area contributed by atoms with Gasteiger partial charge in [-0.25, -0.2) is 4.79 Å². The minimum atomic E-state index is -0.606. The van der Waals surface area contributed by atoms with Crippen LogP contribution in [0.3, 0.4) is 0 Å². The van der Waals surface area contributed by atoms with Crippen molar-refractivity contribution in [1.29, 1.82) is 0 Å². The van der Waals surface area contributed by atoms with Crippen LogP contribution >= 0.6 is 0 Å². The number of aromatic nitrogens is 2. The minimum Gasteiger partial charge on any atom is -0.497 e. The Morgan fingerprint density at radius 2 is 2.15 bits per heavy atom. The molecule has 3 rings (SSSR count). The van der Waals surface area contributed by atoms with Gasteiger partial charge in [0.05, 0.1) is 13.3 Å². The lowest BCUT2D eigenvalue weighted by Crippen LogP contribution is -2.40. The van der Waals surface area contributed by atoms with Crippen LogP contribution in [0.25, 0.3) is 11.1 Å². The fraction of sp³-hybridized carbons (Fsp3) is 0.421. The number of carbonyl (C=O) groups is 2. The van der Waals surface area contributed by atoms with Gasteiger partial charge in [0.25, 0.3) is 0 Å². The lowest BCUT2D eigenvalue weighted by molar-refractivity contribution is -0.132. The Labute approximate surface area is 158 Å². The predicted molar refractivity (Wildman–Crippen MR) is 101 cm³/mol. The highest BCUT2D eigenvalue weighted by molar-refractivity contribution is 5.78. The molecule has 1 aromatic heterocycles. The Morgan fingerprint density at radius 3 is 2.85 bits per heavy atom. The summed E-state index contributed by atoms with van der Waals surface area (Å²) in [5.74, 6) is 1.17. The van der Waals surface area contributed by atoms with Gasteiger partial charge in [-0.05, 0) is 30.5 Å². The minimum absolute atomic E-state index is 0.0415. The van der Waals surface area contributed by atoms with Crippen molar-refractivity contribution in [2.75, 3.05) is 26.7 Å². The van der Waals surface area contributed by atoms with Crippen molar-refractivity contribution in [3.05, 3.63) is 36.2 Å². The number of nitrogens with one attached hydrogen (secondary N) is 2. The molecule has 1 fully saturated rings. The molecule has 0 atom stereocenters. The first kappa shape index (κ1) is 18.8. The highest BCUT2D eigenvalue weighted by Crippen LogP contribution is 2.34. The number of hydrogen-bond acceptors (Lipinski definition) is 4. The molecular weight excluding hydrogens is 346 g/mol. The molecule has 0 spiro atoms. The highest BCUT2D eigenvalue weighted by atomic mass is 16.5. The van der Waals surface area contributed by atoms with Crippen LogP contribution in [0.1, 0.15) is 30.9 Å². The van der Waals surface area contributed by atoms with Crippen LogP contribution in [-0.2, 0) is 4.79 Å². The number of aromatic amines is 1. The van der Waals surface area contributed by atoms with E-state index in [1.165, 1.54) is 0 Å². The number of urea groups is 1. The molecule has 0 saturated carbocycles. The van der Waals surface area contributed by atoms with E-state index in [0.717, 1.165) is 35.4 Å². The van der Waals surface area contributed by atoms with Gasteiger partial charge in [-0.15, -0.1) is 0 Å². The van der Waals surface area contributed by atoms with Crippen molar-refractivity contribution >= 4 is 11.9 Å². The monoisotopic (exact) mass is 371 g/mol. The van der Waals surface area contributed by atoms with E-state index in [9.17, 15) is 9.59 Å². The van der Waals surface area contributed by atoms with Crippen LogP contribution < -0.4 is 15.8 Å². The number of nitrogens with zero attached hydrogens (tertiary/aromatic N) is 2. The number of H-pyrrole nitrogens is 1. The van der Waals surface area contributed by atoms with Crippen LogP contribution in [0.5, 0.6) is 5.75 Å². The van der Waals surface area contributed by atoms with Crippen LogP contribution in [0.4, 0.5) is 4.79 Å². The largest absolute Gasteiger partial charge is 0.497 e. The van der Waals surface area contributed by atoms with Crippen LogP contribution in [-0.4, -0.2) is 53.8 Å². The van der Waals surface area contributed by atoms with Gasteiger partial charge in [0.2, 0.25) is 5.91 Å². The third-order valence-corrected chi connectivity index (χ3v) is 4.94. The second-order valence-corrected chi connectivity index (χ2v) is 6.63. The molecule has 8 nitrogen and oxygen atoms in total. The molecule has 2 aromatic rings. The average Bonchev–Trinajstić information content (AvgIpc) is 3.17. The summed E-state index contributed by atoms with van der Waals surface area (Å²) in [5.41, 5.74) is 8.26. The van der Waals surface area contributed by atoms with E-state index < -0.39 is 6.03 Å². The molecular formula is C19H25N5O3. The number of piperidine rings is 1. The summed E-state index contributed by atoms with van der Waals surface area (Å²) in [7, 11) is 1.65. The zero-order valence-electron chi connectivity index (χ0n) is 15.4. The number of rotatable bonds is 6. The number of ether oxygens (including phenoxy) is 1. The molecule has 0 aliphatic carbocycles. The fourth-order valence-electron chi connectivity index (χ4n) is 3.50. The summed E-state index contributed by atoms with van der Waals surface area (Å²) in [6.07, 6.45) is 3.85. The summed E-state index contributed by atoms with van der Waals surface area (Å²) in [6, 6.07) is 7.32. The van der Waals surface area contributed by atoms with Gasteiger partial charge in [0.15, 0.2) is 0 Å². The maximum absolute atomic E-state index is 12.2. The standard InChI is InChI=1S/C19H25N5O3/c1-27-15-4-2-3-14(11-15)16-12-22-23-18(16)13-6-9-24(10-7-13)17(25)5-8-21-19(20)26/h2-4,11-13H,5-10H2,1H3,(H,22,23)(H3,20,21,26). The fourth-order valence-corrected chi connectivity index (χ4v) is 3.50. The smallest absolute Gasteiger partial charge is 0.312 e. The molecule has 3 amide bonds. The SMILES string of the molecule is COc1cccc(-c2cn[nH]c2C2CCN(C(=O)CCNC(N)=O)CC2)c1. The molecule has 8 heteroatoms. The van der Waals surface area contributed by atoms with E-state index in [1.807, 2.05) is 35.4 Å². The highest BCUT2D eigenvalue weighted by Gasteiger charge is 2.26. The van der Waals surface area contributed by atoms with Gasteiger partial charge < -0.3 is 20.7 Å². The van der Waals surface area contributed by atoms with Crippen molar-refractivity contribution in [3.8, 4) is 16.9 Å².